The van der Waals surface area contributed by atoms with Crippen LogP contribution in [0.25, 0.3) is 0 Å². The van der Waals surface area contributed by atoms with Gasteiger partial charge in [-0.1, -0.05) is 20.8 Å². The minimum Gasteiger partial charge on any atom is -0.422 e. The van der Waals surface area contributed by atoms with Crippen LogP contribution in [0.5, 0.6) is 0 Å². The zero-order chi connectivity index (χ0) is 14.8. The van der Waals surface area contributed by atoms with Crippen molar-refractivity contribution < 1.29 is 12.3 Å². The van der Waals surface area contributed by atoms with E-state index >= 15 is 0 Å². The fraction of sp³-hybridized carbons (Fsp3) is 1.00. The molecule has 0 saturated heterocycles. The Morgan fingerprint density at radius 1 is 0.722 bits per heavy atom. The molecule has 0 aliphatic rings. The molecule has 0 fully saturated rings. The first-order chi connectivity index (χ1) is 7.62. The molecule has 0 aliphatic heterocycles. The van der Waals surface area contributed by atoms with Gasteiger partial charge in [-0.05, 0) is 44.3 Å². The Kier molecular flexibility index (Phi) is 6.27. The SMILES string of the molecule is CC(C)(C)[SiH2]O[Si](C)(O[Si](C)(C)C)O[Si](C)(C)C. The van der Waals surface area contributed by atoms with Gasteiger partial charge in [0.15, 0.2) is 26.4 Å². The zero-order valence-electron chi connectivity index (χ0n) is 13.9. The molecule has 0 radical (unpaired) electrons. The predicted molar refractivity (Wildman–Crippen MR) is 89.8 cm³/mol. The summed E-state index contributed by atoms with van der Waals surface area (Å²) in [5.74, 6) is 0. The summed E-state index contributed by atoms with van der Waals surface area (Å²) in [5.41, 5.74) is 0. The van der Waals surface area contributed by atoms with E-state index in [4.69, 9.17) is 12.3 Å². The van der Waals surface area contributed by atoms with E-state index in [0.29, 0.717) is 0 Å². The Hall–Kier alpha value is 0.748. The summed E-state index contributed by atoms with van der Waals surface area (Å²) in [6, 6.07) is 0. The molecule has 0 saturated carbocycles. The normalized spacial score (nSPS) is 15.7. The molecule has 7 heteroatoms. The fourth-order valence-corrected chi connectivity index (χ4v) is 15.3. The van der Waals surface area contributed by atoms with Crippen molar-refractivity contribution in [2.24, 2.45) is 0 Å². The highest BCUT2D eigenvalue weighted by molar-refractivity contribution is 6.86. The van der Waals surface area contributed by atoms with Gasteiger partial charge in [0.25, 0.3) is 0 Å². The molecule has 0 aliphatic carbocycles. The summed E-state index contributed by atoms with van der Waals surface area (Å²) in [6.45, 7) is 22.0. The largest absolute Gasteiger partial charge is 0.465 e. The highest BCUT2D eigenvalue weighted by atomic mass is 28.5. The van der Waals surface area contributed by atoms with Crippen molar-refractivity contribution in [1.82, 2.24) is 0 Å². The zero-order valence-corrected chi connectivity index (χ0v) is 18.3. The van der Waals surface area contributed by atoms with Crippen LogP contribution >= 0.6 is 0 Å². The summed E-state index contributed by atoms with van der Waals surface area (Å²) in [7, 11) is -6.35. The first kappa shape index (κ1) is 18.7. The standard InChI is InChI=1S/C11H32O3Si4/c1-11(2,3)15-12-18(10,13-16(4,5)6)14-17(7,8)9/h15H2,1-10H3. The van der Waals surface area contributed by atoms with Gasteiger partial charge >= 0.3 is 8.80 Å². The smallest absolute Gasteiger partial charge is 0.422 e. The molecule has 3 nitrogen and oxygen atoms in total. The van der Waals surface area contributed by atoms with Crippen molar-refractivity contribution in [3.63, 3.8) is 0 Å². The molecule has 18 heavy (non-hydrogen) atoms. The molecular weight excluding hydrogens is 292 g/mol. The Morgan fingerprint density at radius 2 is 1.06 bits per heavy atom. The second-order valence-corrected chi connectivity index (χ2v) is 23.5. The Morgan fingerprint density at radius 3 is 1.28 bits per heavy atom. The lowest BCUT2D eigenvalue weighted by Gasteiger charge is -2.38. The molecule has 0 rings (SSSR count). The first-order valence-corrected chi connectivity index (χ1v) is 17.0. The van der Waals surface area contributed by atoms with E-state index in [1.807, 2.05) is 0 Å². The number of hydrogen-bond donors (Lipinski definition) is 0. The van der Waals surface area contributed by atoms with E-state index in [1.54, 1.807) is 0 Å². The summed E-state index contributed by atoms with van der Waals surface area (Å²) in [6.07, 6.45) is 0. The highest BCUT2D eigenvalue weighted by Gasteiger charge is 2.43. The average Bonchev–Trinajstić information content (AvgIpc) is 1.91. The van der Waals surface area contributed by atoms with Crippen LogP contribution in [0.4, 0.5) is 0 Å². The van der Waals surface area contributed by atoms with E-state index in [0.717, 1.165) is 0 Å². The van der Waals surface area contributed by atoms with Crippen LogP contribution in [0.1, 0.15) is 20.8 Å². The molecule has 0 aromatic carbocycles. The maximum atomic E-state index is 6.30. The fourth-order valence-electron chi connectivity index (χ4n) is 1.54. The van der Waals surface area contributed by atoms with Gasteiger partial charge in [0.2, 0.25) is 0 Å². The van der Waals surface area contributed by atoms with Crippen LogP contribution in [0.3, 0.4) is 0 Å². The second-order valence-electron chi connectivity index (χ2n) is 8.14. The van der Waals surface area contributed by atoms with E-state index in [1.165, 1.54) is 0 Å². The van der Waals surface area contributed by atoms with E-state index in [2.05, 4.69) is 66.6 Å². The lowest BCUT2D eigenvalue weighted by Crippen LogP contribution is -2.55. The molecule has 0 aromatic heterocycles. The third-order valence-electron chi connectivity index (χ3n) is 1.75. The van der Waals surface area contributed by atoms with Crippen LogP contribution < -0.4 is 0 Å². The predicted octanol–water partition coefficient (Wildman–Crippen LogP) is 3.58. The van der Waals surface area contributed by atoms with Crippen LogP contribution in [-0.4, -0.2) is 35.2 Å². The van der Waals surface area contributed by atoms with Crippen LogP contribution in [0.2, 0.25) is 50.9 Å². The first-order valence-electron chi connectivity index (χ1n) is 6.66. The summed E-state index contributed by atoms with van der Waals surface area (Å²) < 4.78 is 18.8. The maximum Gasteiger partial charge on any atom is 0.465 e. The monoisotopic (exact) mass is 324 g/mol. The molecule has 0 spiro atoms. The minimum atomic E-state index is -2.44. The summed E-state index contributed by atoms with van der Waals surface area (Å²) in [5, 5.41) is 0.278. The number of hydrogen-bond acceptors (Lipinski definition) is 3. The molecule has 0 unspecified atom stereocenters. The lowest BCUT2D eigenvalue weighted by molar-refractivity contribution is 0.267. The van der Waals surface area contributed by atoms with Gasteiger partial charge in [0.05, 0.1) is 0 Å². The van der Waals surface area contributed by atoms with E-state index in [-0.39, 0.29) is 5.04 Å². The molecule has 0 N–H and O–H groups in total. The average molecular weight is 325 g/mol. The molecular formula is C11H32O3Si4. The van der Waals surface area contributed by atoms with Crippen LogP contribution in [-0.2, 0) is 12.3 Å². The van der Waals surface area contributed by atoms with Crippen molar-refractivity contribution in [3.8, 4) is 0 Å². The van der Waals surface area contributed by atoms with Crippen molar-refractivity contribution in [1.29, 1.82) is 0 Å². The molecule has 0 amide bonds. The molecule has 110 valence electrons. The maximum absolute atomic E-state index is 6.30. The third kappa shape index (κ3) is 10.7. The summed E-state index contributed by atoms with van der Waals surface area (Å²) >= 11 is 0. The molecule has 0 atom stereocenters. The van der Waals surface area contributed by atoms with Crippen LogP contribution in [0, 0.1) is 0 Å². The van der Waals surface area contributed by atoms with Gasteiger partial charge in [-0.3, -0.25) is 0 Å². The topological polar surface area (TPSA) is 27.7 Å². The van der Waals surface area contributed by atoms with Gasteiger partial charge in [-0.25, -0.2) is 0 Å². The van der Waals surface area contributed by atoms with Gasteiger partial charge in [-0.2, -0.15) is 0 Å². The van der Waals surface area contributed by atoms with Gasteiger partial charge in [0, 0.05) is 6.55 Å². The highest BCUT2D eigenvalue weighted by Crippen LogP contribution is 2.26. The summed E-state index contributed by atoms with van der Waals surface area (Å²) in [4.78, 5) is 0. The minimum absolute atomic E-state index is 0.278. The van der Waals surface area contributed by atoms with Crippen molar-refractivity contribution >= 4 is 35.2 Å². The molecule has 0 heterocycles. The third-order valence-corrected chi connectivity index (χ3v) is 13.2. The Labute approximate surface area is 119 Å². The van der Waals surface area contributed by atoms with E-state index in [9.17, 15) is 0 Å². The quantitative estimate of drug-likeness (QED) is 0.699. The Balaban J connectivity index is 4.81. The van der Waals surface area contributed by atoms with Gasteiger partial charge in [-0.15, -0.1) is 0 Å². The van der Waals surface area contributed by atoms with Crippen molar-refractivity contribution in [3.05, 3.63) is 0 Å². The molecule has 0 bridgehead atoms. The lowest BCUT2D eigenvalue weighted by atomic mass is 10.3. The molecule has 0 aromatic rings. The van der Waals surface area contributed by atoms with Gasteiger partial charge < -0.3 is 12.3 Å². The number of rotatable bonds is 6. The van der Waals surface area contributed by atoms with Crippen LogP contribution in [0.15, 0.2) is 0 Å². The Bertz CT molecular complexity index is 247. The van der Waals surface area contributed by atoms with Gasteiger partial charge in [0.1, 0.15) is 0 Å². The van der Waals surface area contributed by atoms with Crippen molar-refractivity contribution in [2.45, 2.75) is 71.6 Å². The second kappa shape index (κ2) is 6.02. The van der Waals surface area contributed by atoms with Crippen molar-refractivity contribution in [2.75, 3.05) is 0 Å². The van der Waals surface area contributed by atoms with E-state index < -0.39 is 35.2 Å².